The fraction of sp³-hybridized carbons (Fsp3) is 0.350. The molecule has 2 atom stereocenters. The Kier molecular flexibility index (Phi) is 6.83. The van der Waals surface area contributed by atoms with Crippen molar-refractivity contribution < 1.29 is 9.59 Å². The standard InChI is InChI=1S/C20H25N3O2/c1-14-6-8-16(9-7-14)11-18(15(2)24)23-20(25)19(21-3)12-17-5-4-10-22-13-17/h4-10,13,18-19,21H,11-12H2,1-3H3,(H,23,25)/t18?,19-/m0/s1. The monoisotopic (exact) mass is 339 g/mol. The highest BCUT2D eigenvalue weighted by Gasteiger charge is 2.23. The van der Waals surface area contributed by atoms with Crippen LogP contribution in [-0.4, -0.2) is 35.8 Å². The Morgan fingerprint density at radius 3 is 2.28 bits per heavy atom. The first kappa shape index (κ1) is 18.8. The second-order valence-electron chi connectivity index (χ2n) is 6.27. The van der Waals surface area contributed by atoms with E-state index >= 15 is 0 Å². The molecule has 1 heterocycles. The highest BCUT2D eigenvalue weighted by atomic mass is 16.2. The highest BCUT2D eigenvalue weighted by molar-refractivity contribution is 5.90. The van der Waals surface area contributed by atoms with Crippen molar-refractivity contribution in [1.29, 1.82) is 0 Å². The van der Waals surface area contributed by atoms with Crippen LogP contribution in [0.25, 0.3) is 0 Å². The molecule has 1 unspecified atom stereocenters. The average molecular weight is 339 g/mol. The van der Waals surface area contributed by atoms with Crippen LogP contribution in [-0.2, 0) is 22.4 Å². The van der Waals surface area contributed by atoms with Gasteiger partial charge in [-0.1, -0.05) is 35.9 Å². The Morgan fingerprint density at radius 2 is 1.72 bits per heavy atom. The van der Waals surface area contributed by atoms with Gasteiger partial charge in [-0.2, -0.15) is 0 Å². The highest BCUT2D eigenvalue weighted by Crippen LogP contribution is 2.08. The van der Waals surface area contributed by atoms with E-state index < -0.39 is 12.1 Å². The van der Waals surface area contributed by atoms with Crippen LogP contribution < -0.4 is 10.6 Å². The number of carbonyl (C=O) groups is 2. The minimum Gasteiger partial charge on any atom is -0.345 e. The Morgan fingerprint density at radius 1 is 1.04 bits per heavy atom. The van der Waals surface area contributed by atoms with E-state index in [0.29, 0.717) is 12.8 Å². The Balaban J connectivity index is 2.02. The lowest BCUT2D eigenvalue weighted by atomic mass is 10.0. The average Bonchev–Trinajstić information content (AvgIpc) is 2.61. The molecule has 132 valence electrons. The quantitative estimate of drug-likeness (QED) is 0.770. The van der Waals surface area contributed by atoms with Gasteiger partial charge in [-0.3, -0.25) is 14.6 Å². The number of hydrogen-bond acceptors (Lipinski definition) is 4. The zero-order valence-corrected chi connectivity index (χ0v) is 15.0. The number of nitrogens with one attached hydrogen (secondary N) is 2. The number of nitrogens with zero attached hydrogens (tertiary/aromatic N) is 1. The van der Waals surface area contributed by atoms with Gasteiger partial charge in [0.1, 0.15) is 0 Å². The van der Waals surface area contributed by atoms with E-state index in [1.807, 2.05) is 43.3 Å². The van der Waals surface area contributed by atoms with Crippen molar-refractivity contribution in [2.24, 2.45) is 0 Å². The molecule has 1 aromatic carbocycles. The van der Waals surface area contributed by atoms with E-state index in [4.69, 9.17) is 0 Å². The number of rotatable bonds is 8. The summed E-state index contributed by atoms with van der Waals surface area (Å²) in [4.78, 5) is 28.6. The molecule has 0 bridgehead atoms. The molecule has 2 rings (SSSR count). The summed E-state index contributed by atoms with van der Waals surface area (Å²) in [5.41, 5.74) is 3.16. The fourth-order valence-corrected chi connectivity index (χ4v) is 2.61. The maximum absolute atomic E-state index is 12.6. The van der Waals surface area contributed by atoms with E-state index in [2.05, 4.69) is 15.6 Å². The molecule has 1 aromatic heterocycles. The molecule has 0 saturated heterocycles. The lowest BCUT2D eigenvalue weighted by Gasteiger charge is -2.21. The van der Waals surface area contributed by atoms with Crippen molar-refractivity contribution in [3.05, 3.63) is 65.5 Å². The number of Topliss-reactive ketones (excluding diaryl/α,β-unsaturated/α-hetero) is 1. The normalized spacial score (nSPS) is 13.1. The maximum Gasteiger partial charge on any atom is 0.238 e. The SMILES string of the molecule is CN[C@@H](Cc1cccnc1)C(=O)NC(Cc1ccc(C)cc1)C(C)=O. The minimum absolute atomic E-state index is 0.0508. The first-order valence-corrected chi connectivity index (χ1v) is 8.42. The largest absolute Gasteiger partial charge is 0.345 e. The number of benzene rings is 1. The summed E-state index contributed by atoms with van der Waals surface area (Å²) in [7, 11) is 1.74. The molecule has 0 radical (unpaired) electrons. The van der Waals surface area contributed by atoms with Crippen molar-refractivity contribution in [2.75, 3.05) is 7.05 Å². The Bertz CT molecular complexity index is 699. The van der Waals surface area contributed by atoms with Crippen LogP contribution in [0.4, 0.5) is 0 Å². The van der Waals surface area contributed by atoms with Crippen LogP contribution in [0.1, 0.15) is 23.6 Å². The van der Waals surface area contributed by atoms with Crippen LogP contribution in [0.15, 0.2) is 48.8 Å². The molecule has 1 amide bonds. The third kappa shape index (κ3) is 5.80. The van der Waals surface area contributed by atoms with Crippen molar-refractivity contribution >= 4 is 11.7 Å². The summed E-state index contributed by atoms with van der Waals surface area (Å²) >= 11 is 0. The van der Waals surface area contributed by atoms with Gasteiger partial charge >= 0.3 is 0 Å². The zero-order valence-electron chi connectivity index (χ0n) is 15.0. The number of ketones is 1. The van der Waals surface area contributed by atoms with Crippen LogP contribution in [0, 0.1) is 6.92 Å². The number of aryl methyl sites for hydroxylation is 1. The van der Waals surface area contributed by atoms with Gasteiger partial charge < -0.3 is 10.6 Å². The smallest absolute Gasteiger partial charge is 0.238 e. The molecule has 5 nitrogen and oxygen atoms in total. The summed E-state index contributed by atoms with van der Waals surface area (Å²) < 4.78 is 0. The molecule has 0 spiro atoms. The number of aromatic nitrogens is 1. The second kappa shape index (κ2) is 9.08. The summed E-state index contributed by atoms with van der Waals surface area (Å²) in [6.07, 6.45) is 4.45. The first-order chi connectivity index (χ1) is 12.0. The lowest BCUT2D eigenvalue weighted by molar-refractivity contribution is -0.128. The van der Waals surface area contributed by atoms with Gasteiger partial charge in [0.25, 0.3) is 0 Å². The molecule has 2 aromatic rings. The number of pyridine rings is 1. The molecule has 0 aliphatic carbocycles. The molecule has 5 heteroatoms. The van der Waals surface area contributed by atoms with E-state index in [9.17, 15) is 9.59 Å². The van der Waals surface area contributed by atoms with E-state index in [1.165, 1.54) is 12.5 Å². The maximum atomic E-state index is 12.6. The molecule has 0 saturated carbocycles. The van der Waals surface area contributed by atoms with Gasteiger partial charge in [-0.25, -0.2) is 0 Å². The van der Waals surface area contributed by atoms with E-state index in [-0.39, 0.29) is 11.7 Å². The van der Waals surface area contributed by atoms with Crippen molar-refractivity contribution in [2.45, 2.75) is 38.8 Å². The summed E-state index contributed by atoms with van der Waals surface area (Å²) in [6, 6.07) is 10.8. The molecule has 2 N–H and O–H groups in total. The summed E-state index contributed by atoms with van der Waals surface area (Å²) in [5.74, 6) is -0.233. The predicted molar refractivity (Wildman–Crippen MR) is 98.3 cm³/mol. The number of likely N-dealkylation sites (N-methyl/N-ethyl adjacent to an activating group) is 1. The fourth-order valence-electron chi connectivity index (χ4n) is 2.61. The van der Waals surface area contributed by atoms with Crippen LogP contribution in [0.3, 0.4) is 0 Å². The topological polar surface area (TPSA) is 71.1 Å². The molecule has 0 fully saturated rings. The van der Waals surface area contributed by atoms with Gasteiger partial charge in [-0.15, -0.1) is 0 Å². The molecule has 25 heavy (non-hydrogen) atoms. The van der Waals surface area contributed by atoms with Crippen LogP contribution >= 0.6 is 0 Å². The minimum atomic E-state index is -0.528. The van der Waals surface area contributed by atoms with E-state index in [1.54, 1.807) is 19.4 Å². The molecule has 0 aliphatic rings. The Hall–Kier alpha value is -2.53. The van der Waals surface area contributed by atoms with Gasteiger partial charge in [0, 0.05) is 12.4 Å². The predicted octanol–water partition coefficient (Wildman–Crippen LogP) is 1.84. The third-order valence-corrected chi connectivity index (χ3v) is 4.20. The van der Waals surface area contributed by atoms with Gasteiger partial charge in [0.2, 0.25) is 5.91 Å². The zero-order chi connectivity index (χ0) is 18.2. The first-order valence-electron chi connectivity index (χ1n) is 8.42. The Labute approximate surface area is 148 Å². The van der Waals surface area contributed by atoms with E-state index in [0.717, 1.165) is 11.1 Å². The third-order valence-electron chi connectivity index (χ3n) is 4.20. The number of hydrogen-bond donors (Lipinski definition) is 2. The van der Waals surface area contributed by atoms with Crippen molar-refractivity contribution in [3.63, 3.8) is 0 Å². The second-order valence-corrected chi connectivity index (χ2v) is 6.27. The van der Waals surface area contributed by atoms with Crippen LogP contribution in [0.5, 0.6) is 0 Å². The van der Waals surface area contributed by atoms with Crippen molar-refractivity contribution in [1.82, 2.24) is 15.6 Å². The summed E-state index contributed by atoms with van der Waals surface area (Å²) in [6.45, 7) is 3.53. The van der Waals surface area contributed by atoms with Gasteiger partial charge in [0.15, 0.2) is 5.78 Å². The van der Waals surface area contributed by atoms with Gasteiger partial charge in [0.05, 0.1) is 12.1 Å². The van der Waals surface area contributed by atoms with Crippen LogP contribution in [0.2, 0.25) is 0 Å². The molecular formula is C20H25N3O2. The van der Waals surface area contributed by atoms with Crippen molar-refractivity contribution in [3.8, 4) is 0 Å². The molecular weight excluding hydrogens is 314 g/mol. The summed E-state index contributed by atoms with van der Waals surface area (Å²) in [5, 5.41) is 5.89. The molecule has 0 aliphatic heterocycles. The number of carbonyl (C=O) groups excluding carboxylic acids is 2. The van der Waals surface area contributed by atoms with Gasteiger partial charge in [-0.05, 0) is 50.9 Å². The lowest BCUT2D eigenvalue weighted by Crippen LogP contribution is -2.50. The number of amides is 1.